The number of rotatable bonds is 7. The van der Waals surface area contributed by atoms with Gasteiger partial charge in [0.1, 0.15) is 11.6 Å². The molecule has 164 valence electrons. The molecular weight excluding hydrogens is 397 g/mol. The van der Waals surface area contributed by atoms with Crippen LogP contribution in [0, 0.1) is 5.82 Å². The molecule has 0 radical (unpaired) electrons. The van der Waals surface area contributed by atoms with Crippen molar-refractivity contribution in [1.29, 1.82) is 0 Å². The van der Waals surface area contributed by atoms with E-state index in [1.807, 2.05) is 35.2 Å². The third-order valence-electron chi connectivity index (χ3n) is 6.16. The Hall–Kier alpha value is -2.93. The quantitative estimate of drug-likeness (QED) is 0.693. The van der Waals surface area contributed by atoms with Gasteiger partial charge in [0.2, 0.25) is 11.8 Å². The van der Waals surface area contributed by atoms with Crippen molar-refractivity contribution in [2.24, 2.45) is 0 Å². The SMILES string of the molecule is O=C(CCCOc1ccccc1)N1CCC2(CC1)NCC(=O)N2Cc1ccccc1F. The zero-order valence-corrected chi connectivity index (χ0v) is 17.6. The minimum atomic E-state index is -0.507. The van der Waals surface area contributed by atoms with E-state index in [9.17, 15) is 14.0 Å². The Morgan fingerprint density at radius 3 is 2.52 bits per heavy atom. The van der Waals surface area contributed by atoms with Crippen molar-refractivity contribution < 1.29 is 18.7 Å². The topological polar surface area (TPSA) is 61.9 Å². The van der Waals surface area contributed by atoms with Crippen molar-refractivity contribution in [2.45, 2.75) is 37.9 Å². The zero-order valence-electron chi connectivity index (χ0n) is 17.6. The second-order valence-electron chi connectivity index (χ2n) is 8.10. The van der Waals surface area contributed by atoms with Crippen molar-refractivity contribution in [3.8, 4) is 5.75 Å². The number of benzene rings is 2. The summed E-state index contributed by atoms with van der Waals surface area (Å²) < 4.78 is 19.8. The molecule has 2 amide bonds. The molecule has 6 nitrogen and oxygen atoms in total. The van der Waals surface area contributed by atoms with Gasteiger partial charge >= 0.3 is 0 Å². The van der Waals surface area contributed by atoms with Crippen LogP contribution in [0.5, 0.6) is 5.75 Å². The maximum atomic E-state index is 14.1. The second-order valence-corrected chi connectivity index (χ2v) is 8.10. The van der Waals surface area contributed by atoms with Crippen molar-refractivity contribution in [3.05, 3.63) is 66.0 Å². The van der Waals surface area contributed by atoms with E-state index < -0.39 is 5.66 Å². The number of carbonyl (C=O) groups is 2. The molecule has 31 heavy (non-hydrogen) atoms. The summed E-state index contributed by atoms with van der Waals surface area (Å²) in [6.07, 6.45) is 2.37. The van der Waals surface area contributed by atoms with Gasteiger partial charge < -0.3 is 14.5 Å². The predicted octanol–water partition coefficient (Wildman–Crippen LogP) is 2.94. The summed E-state index contributed by atoms with van der Waals surface area (Å²) in [6.45, 7) is 2.14. The fourth-order valence-electron chi connectivity index (χ4n) is 4.37. The zero-order chi connectivity index (χ0) is 21.7. The van der Waals surface area contributed by atoms with Crippen LogP contribution < -0.4 is 10.1 Å². The molecule has 1 spiro atoms. The number of nitrogens with one attached hydrogen (secondary N) is 1. The normalized spacial score (nSPS) is 17.9. The lowest BCUT2D eigenvalue weighted by Gasteiger charge is -2.44. The van der Waals surface area contributed by atoms with Crippen LogP contribution in [0.4, 0.5) is 4.39 Å². The fourth-order valence-corrected chi connectivity index (χ4v) is 4.37. The fraction of sp³-hybridized carbons (Fsp3) is 0.417. The molecule has 0 bridgehead atoms. The van der Waals surface area contributed by atoms with Crippen LogP contribution in [0.15, 0.2) is 54.6 Å². The second kappa shape index (κ2) is 9.47. The van der Waals surface area contributed by atoms with E-state index >= 15 is 0 Å². The van der Waals surface area contributed by atoms with Gasteiger partial charge in [0, 0.05) is 37.9 Å². The van der Waals surface area contributed by atoms with Crippen LogP contribution in [0.2, 0.25) is 0 Å². The number of amides is 2. The number of carbonyl (C=O) groups excluding carboxylic acids is 2. The summed E-state index contributed by atoms with van der Waals surface area (Å²) in [6, 6.07) is 16.1. The van der Waals surface area contributed by atoms with Gasteiger partial charge in [0.15, 0.2) is 0 Å². The van der Waals surface area contributed by atoms with E-state index in [4.69, 9.17) is 4.74 Å². The number of hydrogen-bond acceptors (Lipinski definition) is 4. The highest BCUT2D eigenvalue weighted by molar-refractivity contribution is 5.82. The monoisotopic (exact) mass is 425 g/mol. The van der Waals surface area contributed by atoms with Gasteiger partial charge in [-0.05, 0) is 24.6 Å². The Morgan fingerprint density at radius 1 is 1.06 bits per heavy atom. The number of hydrogen-bond donors (Lipinski definition) is 1. The van der Waals surface area contributed by atoms with Gasteiger partial charge in [0.25, 0.3) is 0 Å². The average Bonchev–Trinajstić information content (AvgIpc) is 3.09. The van der Waals surface area contributed by atoms with Crippen LogP contribution in [0.25, 0.3) is 0 Å². The van der Waals surface area contributed by atoms with Crippen LogP contribution in [0.3, 0.4) is 0 Å². The lowest BCUT2D eigenvalue weighted by molar-refractivity contribution is -0.137. The first-order chi connectivity index (χ1) is 15.1. The highest BCUT2D eigenvalue weighted by atomic mass is 19.1. The highest BCUT2D eigenvalue weighted by Gasteiger charge is 2.47. The Labute approximate surface area is 182 Å². The van der Waals surface area contributed by atoms with Gasteiger partial charge in [-0.25, -0.2) is 4.39 Å². The first-order valence-electron chi connectivity index (χ1n) is 10.8. The predicted molar refractivity (Wildman–Crippen MR) is 115 cm³/mol. The molecule has 2 aliphatic heterocycles. The molecule has 0 saturated carbocycles. The molecule has 0 atom stereocenters. The molecule has 0 aromatic heterocycles. The lowest BCUT2D eigenvalue weighted by atomic mass is 9.95. The Kier molecular flexibility index (Phi) is 6.51. The molecule has 2 aromatic rings. The highest BCUT2D eigenvalue weighted by Crippen LogP contribution is 2.32. The summed E-state index contributed by atoms with van der Waals surface area (Å²) >= 11 is 0. The maximum absolute atomic E-state index is 14.1. The minimum Gasteiger partial charge on any atom is -0.494 e. The molecule has 0 aliphatic carbocycles. The molecule has 1 N–H and O–H groups in total. The molecule has 2 saturated heterocycles. The van der Waals surface area contributed by atoms with E-state index in [1.54, 1.807) is 23.1 Å². The third kappa shape index (κ3) is 4.88. The molecule has 2 aliphatic rings. The number of halogens is 1. The number of piperidine rings is 1. The molecule has 2 heterocycles. The maximum Gasteiger partial charge on any atom is 0.238 e. The number of para-hydroxylation sites is 1. The first kappa shape index (κ1) is 21.3. The Bertz CT molecular complexity index is 913. The molecule has 2 aromatic carbocycles. The van der Waals surface area contributed by atoms with E-state index in [0.717, 1.165) is 5.75 Å². The molecule has 2 fully saturated rings. The molecule has 4 rings (SSSR count). The van der Waals surface area contributed by atoms with Crippen molar-refractivity contribution in [1.82, 2.24) is 15.1 Å². The van der Waals surface area contributed by atoms with Gasteiger partial charge in [-0.3, -0.25) is 14.9 Å². The molecule has 0 unspecified atom stereocenters. The summed E-state index contributed by atoms with van der Waals surface area (Å²) in [4.78, 5) is 28.7. The number of ether oxygens (including phenoxy) is 1. The van der Waals surface area contributed by atoms with Crippen molar-refractivity contribution >= 4 is 11.8 Å². The molecule has 7 heteroatoms. The average molecular weight is 426 g/mol. The van der Waals surface area contributed by atoms with Crippen LogP contribution >= 0.6 is 0 Å². The Balaban J connectivity index is 1.28. The lowest BCUT2D eigenvalue weighted by Crippen LogP contribution is -2.59. The number of likely N-dealkylation sites (tertiary alicyclic amines) is 1. The van der Waals surface area contributed by atoms with E-state index in [1.165, 1.54) is 6.07 Å². The van der Waals surface area contributed by atoms with Crippen LogP contribution in [0.1, 0.15) is 31.2 Å². The third-order valence-corrected chi connectivity index (χ3v) is 6.16. The van der Waals surface area contributed by atoms with E-state index in [0.29, 0.717) is 50.9 Å². The van der Waals surface area contributed by atoms with Gasteiger partial charge in [-0.1, -0.05) is 36.4 Å². The minimum absolute atomic E-state index is 0.0268. The van der Waals surface area contributed by atoms with Crippen molar-refractivity contribution in [2.75, 3.05) is 26.2 Å². The summed E-state index contributed by atoms with van der Waals surface area (Å²) in [5.74, 6) is 0.585. The van der Waals surface area contributed by atoms with Gasteiger partial charge in [-0.2, -0.15) is 0 Å². The molecular formula is C24H28FN3O3. The smallest absolute Gasteiger partial charge is 0.238 e. The summed E-state index contributed by atoms with van der Waals surface area (Å²) in [5.41, 5.74) is 0.00267. The standard InChI is InChI=1S/C24H28FN3O3/c25-21-10-5-4-7-19(21)18-28-23(30)17-26-24(28)12-14-27(15-13-24)22(29)11-6-16-31-20-8-2-1-3-9-20/h1-5,7-10,26H,6,11-18H2. The summed E-state index contributed by atoms with van der Waals surface area (Å²) in [7, 11) is 0. The van der Waals surface area contributed by atoms with E-state index in [2.05, 4.69) is 5.32 Å². The Morgan fingerprint density at radius 2 is 1.77 bits per heavy atom. The van der Waals surface area contributed by atoms with Crippen LogP contribution in [-0.4, -0.2) is 53.5 Å². The van der Waals surface area contributed by atoms with E-state index in [-0.39, 0.29) is 30.7 Å². The first-order valence-corrected chi connectivity index (χ1v) is 10.8. The number of nitrogens with zero attached hydrogens (tertiary/aromatic N) is 2. The van der Waals surface area contributed by atoms with Crippen LogP contribution in [-0.2, 0) is 16.1 Å². The largest absolute Gasteiger partial charge is 0.494 e. The van der Waals surface area contributed by atoms with Gasteiger partial charge in [-0.15, -0.1) is 0 Å². The van der Waals surface area contributed by atoms with Gasteiger partial charge in [0.05, 0.1) is 25.4 Å². The van der Waals surface area contributed by atoms with Crippen molar-refractivity contribution in [3.63, 3.8) is 0 Å². The summed E-state index contributed by atoms with van der Waals surface area (Å²) in [5, 5.41) is 3.34.